The van der Waals surface area contributed by atoms with Crippen LogP contribution >= 0.6 is 0 Å². The van der Waals surface area contributed by atoms with E-state index in [-0.39, 0.29) is 42.5 Å². The van der Waals surface area contributed by atoms with E-state index in [0.29, 0.717) is 44.9 Å². The number of fused-ring (bicyclic) bond motifs is 8. The molecule has 45 heavy (non-hydrogen) atoms. The third kappa shape index (κ3) is 6.52. The minimum Gasteiger partial charge on any atom is -0.481 e. The molecule has 0 amide bonds. The Morgan fingerprint density at radius 1 is 0.689 bits per heavy atom. The molecule has 2 unspecified atom stereocenters. The summed E-state index contributed by atoms with van der Waals surface area (Å²) >= 11 is 0. The van der Waals surface area contributed by atoms with E-state index in [1.807, 2.05) is 52.0 Å². The number of carboxylic acid groups (broad SMARTS) is 2. The largest absolute Gasteiger partial charge is 0.481 e. The molecule has 239 valence electrons. The first kappa shape index (κ1) is 33.9. The van der Waals surface area contributed by atoms with Crippen molar-refractivity contribution >= 4 is 56.3 Å². The van der Waals surface area contributed by atoms with Gasteiger partial charge in [-0.2, -0.15) is 0 Å². The summed E-state index contributed by atoms with van der Waals surface area (Å²) in [5, 5.41) is 40.5. The molecule has 2 atom stereocenters. The van der Waals surface area contributed by atoms with Crippen LogP contribution in [-0.2, 0) is 32.8 Å². The van der Waals surface area contributed by atoms with Crippen molar-refractivity contribution in [2.45, 2.75) is 79.4 Å². The fourth-order valence-electron chi connectivity index (χ4n) is 6.31. The molecule has 0 aliphatic carbocycles. The zero-order chi connectivity index (χ0) is 32.0. The number of aliphatic hydroxyl groups is 2. The summed E-state index contributed by atoms with van der Waals surface area (Å²) in [6, 6.07) is 7.51. The minimum absolute atomic E-state index is 0. The van der Waals surface area contributed by atoms with Gasteiger partial charge in [-0.15, -0.1) is 0 Å². The maximum Gasteiger partial charge on any atom is 0.303 e. The number of hydrogen-bond acceptors (Lipinski definition) is 6. The predicted molar refractivity (Wildman–Crippen MR) is 171 cm³/mol. The molecule has 1 radical (unpaired) electrons. The third-order valence-electron chi connectivity index (χ3n) is 8.65. The van der Waals surface area contributed by atoms with Crippen molar-refractivity contribution in [3.8, 4) is 0 Å². The number of H-pyrrole nitrogens is 2. The number of carboxylic acids is 2. The van der Waals surface area contributed by atoms with Gasteiger partial charge in [0.15, 0.2) is 0 Å². The molecule has 2 aliphatic heterocycles. The van der Waals surface area contributed by atoms with E-state index < -0.39 is 24.1 Å². The van der Waals surface area contributed by atoms with Crippen molar-refractivity contribution in [2.75, 3.05) is 0 Å². The van der Waals surface area contributed by atoms with Crippen molar-refractivity contribution < 1.29 is 46.8 Å². The van der Waals surface area contributed by atoms with E-state index in [1.165, 1.54) is 0 Å². The van der Waals surface area contributed by atoms with Crippen LogP contribution in [0.4, 0.5) is 0 Å². The van der Waals surface area contributed by atoms with Crippen molar-refractivity contribution in [2.24, 2.45) is 0 Å². The quantitative estimate of drug-likeness (QED) is 0.168. The normalized spacial score (nSPS) is 14.4. The van der Waals surface area contributed by atoms with Gasteiger partial charge in [-0.3, -0.25) is 9.59 Å². The Hall–Kier alpha value is -4.03. The minimum atomic E-state index is -0.917. The molecule has 8 bridgehead atoms. The summed E-state index contributed by atoms with van der Waals surface area (Å²) in [5.41, 5.74) is 11.7. The fraction of sp³-hybridized carbons (Fsp3) is 0.353. The van der Waals surface area contributed by atoms with Crippen molar-refractivity contribution in [3.05, 3.63) is 69.3 Å². The van der Waals surface area contributed by atoms with E-state index >= 15 is 0 Å². The molecular weight excluding hydrogens is 619 g/mol. The summed E-state index contributed by atoms with van der Waals surface area (Å²) in [6.45, 7) is 11.1. The van der Waals surface area contributed by atoms with Gasteiger partial charge in [-0.05, 0) is 112 Å². The average Bonchev–Trinajstić information content (AvgIpc) is 3.59. The summed E-state index contributed by atoms with van der Waals surface area (Å²) in [5.74, 6) is -1.83. The van der Waals surface area contributed by atoms with Gasteiger partial charge in [-0.1, -0.05) is 0 Å². The van der Waals surface area contributed by atoms with Crippen LogP contribution in [0.1, 0.15) is 98.1 Å². The first-order valence-corrected chi connectivity index (χ1v) is 14.7. The van der Waals surface area contributed by atoms with Crippen LogP contribution in [0.25, 0.3) is 44.4 Å². The van der Waals surface area contributed by atoms with Crippen molar-refractivity contribution in [1.82, 2.24) is 19.9 Å². The number of nitrogens with zero attached hydrogens (tertiary/aromatic N) is 2. The molecule has 3 aromatic heterocycles. The van der Waals surface area contributed by atoms with Crippen molar-refractivity contribution in [1.29, 1.82) is 0 Å². The predicted octanol–water partition coefficient (Wildman–Crippen LogP) is 6.11. The Bertz CT molecular complexity index is 1930. The van der Waals surface area contributed by atoms with Gasteiger partial charge in [0, 0.05) is 62.8 Å². The molecule has 0 saturated carbocycles. The summed E-state index contributed by atoms with van der Waals surface area (Å²) in [7, 11) is 0. The number of rotatable bonds is 8. The van der Waals surface area contributed by atoms with Gasteiger partial charge < -0.3 is 30.4 Å². The van der Waals surface area contributed by atoms with Crippen LogP contribution in [0, 0.1) is 13.8 Å². The maximum atomic E-state index is 11.6. The Kier molecular flexibility index (Phi) is 9.88. The molecule has 10 nitrogen and oxygen atoms in total. The van der Waals surface area contributed by atoms with E-state index in [1.54, 1.807) is 13.8 Å². The van der Waals surface area contributed by atoms with Gasteiger partial charge >= 0.3 is 11.9 Å². The number of hydrogen-bond donors (Lipinski definition) is 6. The fourth-order valence-corrected chi connectivity index (χ4v) is 6.31. The van der Waals surface area contributed by atoms with Crippen LogP contribution in [0.15, 0.2) is 24.3 Å². The topological polar surface area (TPSA) is 172 Å². The van der Waals surface area contributed by atoms with Crippen LogP contribution < -0.4 is 0 Å². The number of aryl methyl sites for hydroxylation is 3. The SMILES string of the molecule is CC1=C(CCC(=O)O)c2cc3[nH]c(cc4nc(cc5[nH]c(cc1n2)c(C(C)O)c5C)C(C(C)O)=C4C)c(C)c3CCC(=O)O.[Co]. The number of carbonyl (C=O) groups is 2. The standard InChI is InChI=1S/C34H38N4O6.Co/c1-15-21(7-9-31(41)42)27-14-28-22(8-10-32(43)44)16(2)24(36-28)12-29-34(20(6)40)18(4)26(38-29)13-30-33(19(5)39)17(3)25(37-30)11-23(15)35-27;/h11-14,19-20,35,38-40H,7-10H2,1-6H3,(H,41,42)(H,43,44);. The van der Waals surface area contributed by atoms with Crippen LogP contribution in [-0.4, -0.2) is 58.4 Å². The molecule has 5 heterocycles. The second-order valence-corrected chi connectivity index (χ2v) is 11.7. The van der Waals surface area contributed by atoms with Crippen LogP contribution in [0.2, 0.25) is 0 Å². The number of aromatic nitrogens is 4. The molecule has 11 heteroatoms. The van der Waals surface area contributed by atoms with Crippen LogP contribution in [0.5, 0.6) is 0 Å². The Balaban J connectivity index is 0.00000461. The molecule has 2 aliphatic rings. The van der Waals surface area contributed by atoms with Gasteiger partial charge in [0.05, 0.1) is 35.0 Å². The number of aliphatic carboxylic acids is 2. The maximum absolute atomic E-state index is 11.6. The van der Waals surface area contributed by atoms with E-state index in [9.17, 15) is 30.0 Å². The van der Waals surface area contributed by atoms with Gasteiger partial charge in [0.1, 0.15) is 0 Å². The molecule has 5 rings (SSSR count). The third-order valence-corrected chi connectivity index (χ3v) is 8.65. The molecule has 0 aromatic carbocycles. The van der Waals surface area contributed by atoms with Gasteiger partial charge in [0.25, 0.3) is 0 Å². The van der Waals surface area contributed by atoms with Crippen LogP contribution in [0.3, 0.4) is 0 Å². The van der Waals surface area contributed by atoms with Crippen molar-refractivity contribution in [3.63, 3.8) is 0 Å². The molecule has 3 aromatic rings. The summed E-state index contributed by atoms with van der Waals surface area (Å²) < 4.78 is 0. The first-order valence-electron chi connectivity index (χ1n) is 14.7. The van der Waals surface area contributed by atoms with Gasteiger partial charge in [0.2, 0.25) is 0 Å². The number of allylic oxidation sites excluding steroid dienone is 3. The number of nitrogens with one attached hydrogen (secondary N) is 2. The summed E-state index contributed by atoms with van der Waals surface area (Å²) in [6.07, 6.45) is -1.16. The Morgan fingerprint density at radius 3 is 1.82 bits per heavy atom. The number of aromatic amines is 2. The Morgan fingerprint density at radius 2 is 1.20 bits per heavy atom. The second kappa shape index (κ2) is 13.1. The smallest absolute Gasteiger partial charge is 0.303 e. The molecular formula is C34H38CoN4O6. The zero-order valence-corrected chi connectivity index (χ0v) is 27.2. The second-order valence-electron chi connectivity index (χ2n) is 11.7. The first-order chi connectivity index (χ1) is 20.8. The Labute approximate surface area is 271 Å². The molecule has 6 N–H and O–H groups in total. The summed E-state index contributed by atoms with van der Waals surface area (Å²) in [4.78, 5) is 39.8. The van der Waals surface area contributed by atoms with Gasteiger partial charge in [-0.25, -0.2) is 9.97 Å². The van der Waals surface area contributed by atoms with E-state index in [0.717, 1.165) is 44.4 Å². The molecule has 0 spiro atoms. The molecule has 0 fully saturated rings. The van der Waals surface area contributed by atoms with E-state index in [4.69, 9.17) is 9.97 Å². The monoisotopic (exact) mass is 657 g/mol. The number of aliphatic hydroxyl groups excluding tert-OH is 2. The average molecular weight is 658 g/mol. The van der Waals surface area contributed by atoms with E-state index in [2.05, 4.69) is 9.97 Å². The zero-order valence-electron chi connectivity index (χ0n) is 26.1. The molecule has 0 saturated heterocycles.